The number of nitrogens with two attached hydrogens (primary N) is 1. The smallest absolute Gasteiger partial charge is 0.251 e. The third-order valence-corrected chi connectivity index (χ3v) is 4.18. The van der Waals surface area contributed by atoms with Gasteiger partial charge in [-0.3, -0.25) is 14.6 Å². The molecule has 162 valence electrons. The Morgan fingerprint density at radius 3 is 2.62 bits per heavy atom. The van der Waals surface area contributed by atoms with Crippen LogP contribution in [0.15, 0.2) is 29.3 Å². The maximum atomic E-state index is 11.8. The molecule has 10 heteroatoms. The molecule has 2 amide bonds. The van der Waals surface area contributed by atoms with E-state index in [0.717, 1.165) is 31.6 Å². The van der Waals surface area contributed by atoms with Gasteiger partial charge in [-0.05, 0) is 30.5 Å². The summed E-state index contributed by atoms with van der Waals surface area (Å²) in [7, 11) is 1.72. The van der Waals surface area contributed by atoms with Gasteiger partial charge in [-0.15, -0.1) is 24.0 Å². The van der Waals surface area contributed by atoms with Crippen molar-refractivity contribution < 1.29 is 19.1 Å². The molecule has 1 atom stereocenters. The molecule has 1 heterocycles. The highest BCUT2D eigenvalue weighted by Gasteiger charge is 2.15. The van der Waals surface area contributed by atoms with Crippen LogP contribution in [0.25, 0.3) is 0 Å². The van der Waals surface area contributed by atoms with Crippen molar-refractivity contribution >= 4 is 41.8 Å². The first-order chi connectivity index (χ1) is 13.6. The van der Waals surface area contributed by atoms with E-state index in [1.54, 1.807) is 19.2 Å². The van der Waals surface area contributed by atoms with Crippen molar-refractivity contribution in [1.82, 2.24) is 16.0 Å². The van der Waals surface area contributed by atoms with Gasteiger partial charge < -0.3 is 31.2 Å². The summed E-state index contributed by atoms with van der Waals surface area (Å²) in [6.45, 7) is 3.33. The number of primary amides is 1. The van der Waals surface area contributed by atoms with E-state index in [2.05, 4.69) is 20.9 Å². The van der Waals surface area contributed by atoms with E-state index in [1.165, 1.54) is 0 Å². The van der Waals surface area contributed by atoms with Gasteiger partial charge in [0.2, 0.25) is 5.91 Å². The number of hydrogen-bond donors (Lipinski definition) is 4. The van der Waals surface area contributed by atoms with Gasteiger partial charge in [0.15, 0.2) is 5.96 Å². The van der Waals surface area contributed by atoms with E-state index in [9.17, 15) is 9.59 Å². The molecular weight excluding hydrogens is 489 g/mol. The zero-order valence-electron chi connectivity index (χ0n) is 16.6. The fourth-order valence-electron chi connectivity index (χ4n) is 2.62. The number of carbonyl (C=O) groups excluding carboxylic acids is 2. The molecule has 0 bridgehead atoms. The Balaban J connectivity index is 0.00000420. The van der Waals surface area contributed by atoms with Crippen molar-refractivity contribution in [3.8, 4) is 0 Å². The Bertz CT molecular complexity index is 663. The molecule has 1 saturated heterocycles. The Morgan fingerprint density at radius 2 is 2.00 bits per heavy atom. The fraction of sp³-hybridized carbons (Fsp3) is 0.526. The van der Waals surface area contributed by atoms with Crippen LogP contribution in [0.2, 0.25) is 0 Å². The SMILES string of the molecule is CN=C(NCCCOC1CCOC1)NCc1ccc(C(=O)NCC(N)=O)cc1.I. The molecule has 0 aliphatic carbocycles. The number of aliphatic imine (C=N–C) groups is 1. The van der Waals surface area contributed by atoms with E-state index < -0.39 is 5.91 Å². The predicted octanol–water partition coefficient (Wildman–Crippen LogP) is 0.380. The second-order valence-electron chi connectivity index (χ2n) is 6.41. The van der Waals surface area contributed by atoms with E-state index >= 15 is 0 Å². The van der Waals surface area contributed by atoms with Gasteiger partial charge in [-0.2, -0.15) is 0 Å². The molecule has 1 aromatic carbocycles. The van der Waals surface area contributed by atoms with Gasteiger partial charge in [0.05, 0.1) is 19.3 Å². The van der Waals surface area contributed by atoms with Gasteiger partial charge in [0.1, 0.15) is 0 Å². The zero-order chi connectivity index (χ0) is 20.2. The molecule has 0 spiro atoms. The molecule has 1 fully saturated rings. The lowest BCUT2D eigenvalue weighted by Gasteiger charge is -2.13. The van der Waals surface area contributed by atoms with Crippen LogP contribution in [0, 0.1) is 0 Å². The molecule has 0 radical (unpaired) electrons. The summed E-state index contributed by atoms with van der Waals surface area (Å²) in [5.41, 5.74) is 6.48. The first kappa shape index (κ1) is 25.1. The van der Waals surface area contributed by atoms with Crippen LogP contribution < -0.4 is 21.7 Å². The zero-order valence-corrected chi connectivity index (χ0v) is 18.9. The summed E-state index contributed by atoms with van der Waals surface area (Å²) in [6, 6.07) is 7.09. The standard InChI is InChI=1S/C19H29N5O4.HI/c1-21-19(22-8-2-9-28-16-7-10-27-13-16)24-11-14-3-5-15(6-4-14)18(26)23-12-17(20)25;/h3-6,16H,2,7-13H2,1H3,(H2,20,25)(H,23,26)(H2,21,22,24);1H. The van der Waals surface area contributed by atoms with Crippen molar-refractivity contribution in [3.63, 3.8) is 0 Å². The summed E-state index contributed by atoms with van der Waals surface area (Å²) in [4.78, 5) is 26.7. The predicted molar refractivity (Wildman–Crippen MR) is 121 cm³/mol. The monoisotopic (exact) mass is 519 g/mol. The highest BCUT2D eigenvalue weighted by atomic mass is 127. The molecule has 1 aliphatic rings. The lowest BCUT2D eigenvalue weighted by atomic mass is 10.1. The summed E-state index contributed by atoms with van der Waals surface area (Å²) < 4.78 is 11.0. The van der Waals surface area contributed by atoms with Gasteiger partial charge >= 0.3 is 0 Å². The van der Waals surface area contributed by atoms with Crippen LogP contribution >= 0.6 is 24.0 Å². The van der Waals surface area contributed by atoms with E-state index in [-0.39, 0.29) is 42.5 Å². The average molecular weight is 519 g/mol. The van der Waals surface area contributed by atoms with Crippen molar-refractivity contribution in [3.05, 3.63) is 35.4 Å². The van der Waals surface area contributed by atoms with Gasteiger partial charge in [0.25, 0.3) is 5.91 Å². The number of halogens is 1. The fourth-order valence-corrected chi connectivity index (χ4v) is 2.62. The molecule has 29 heavy (non-hydrogen) atoms. The first-order valence-corrected chi connectivity index (χ1v) is 9.38. The van der Waals surface area contributed by atoms with Gasteiger partial charge in [-0.25, -0.2) is 0 Å². The van der Waals surface area contributed by atoms with E-state index in [4.69, 9.17) is 15.2 Å². The molecule has 1 aliphatic heterocycles. The first-order valence-electron chi connectivity index (χ1n) is 9.38. The number of nitrogens with zero attached hydrogens (tertiary/aromatic N) is 1. The third-order valence-electron chi connectivity index (χ3n) is 4.18. The number of guanidine groups is 1. The van der Waals surface area contributed by atoms with Crippen molar-refractivity contribution in [1.29, 1.82) is 0 Å². The minimum atomic E-state index is -0.577. The number of amides is 2. The summed E-state index contributed by atoms with van der Waals surface area (Å²) in [5, 5.41) is 8.92. The molecular formula is C19H30IN5O4. The third kappa shape index (κ3) is 9.90. The van der Waals surface area contributed by atoms with Gasteiger partial charge in [-0.1, -0.05) is 12.1 Å². The maximum absolute atomic E-state index is 11.8. The van der Waals surface area contributed by atoms with E-state index in [1.807, 2.05) is 12.1 Å². The second-order valence-corrected chi connectivity index (χ2v) is 6.41. The maximum Gasteiger partial charge on any atom is 0.251 e. The Hall–Kier alpha value is -1.92. The number of nitrogens with one attached hydrogen (secondary N) is 3. The highest BCUT2D eigenvalue weighted by molar-refractivity contribution is 14.0. The lowest BCUT2D eigenvalue weighted by molar-refractivity contribution is -0.117. The largest absolute Gasteiger partial charge is 0.379 e. The average Bonchev–Trinajstić information content (AvgIpc) is 3.22. The number of ether oxygens (including phenoxy) is 2. The Kier molecular flexibility index (Phi) is 12.2. The van der Waals surface area contributed by atoms with Crippen LogP contribution in [0.3, 0.4) is 0 Å². The highest BCUT2D eigenvalue weighted by Crippen LogP contribution is 2.08. The molecule has 0 saturated carbocycles. The van der Waals surface area contributed by atoms with Crippen LogP contribution in [-0.2, 0) is 20.8 Å². The topological polar surface area (TPSA) is 127 Å². The summed E-state index contributed by atoms with van der Waals surface area (Å²) in [6.07, 6.45) is 2.09. The van der Waals surface area contributed by atoms with Gasteiger partial charge in [0, 0.05) is 38.9 Å². The van der Waals surface area contributed by atoms with Crippen LogP contribution in [0.4, 0.5) is 0 Å². The Labute approximate surface area is 188 Å². The molecule has 9 nitrogen and oxygen atoms in total. The van der Waals surface area contributed by atoms with E-state index in [0.29, 0.717) is 31.3 Å². The normalized spacial score (nSPS) is 16.0. The van der Waals surface area contributed by atoms with Crippen LogP contribution in [-0.4, -0.2) is 63.8 Å². The molecule has 2 rings (SSSR count). The number of rotatable bonds is 10. The van der Waals surface area contributed by atoms with Crippen molar-refractivity contribution in [2.24, 2.45) is 10.7 Å². The molecule has 1 aromatic rings. The minimum Gasteiger partial charge on any atom is -0.379 e. The number of benzene rings is 1. The molecule has 5 N–H and O–H groups in total. The number of hydrogen-bond acceptors (Lipinski definition) is 5. The summed E-state index contributed by atoms with van der Waals surface area (Å²) >= 11 is 0. The Morgan fingerprint density at radius 1 is 1.24 bits per heavy atom. The quantitative estimate of drug-likeness (QED) is 0.153. The second kappa shape index (κ2) is 14.1. The summed E-state index contributed by atoms with van der Waals surface area (Å²) in [5.74, 6) is -0.207. The van der Waals surface area contributed by atoms with Crippen LogP contribution in [0.1, 0.15) is 28.8 Å². The van der Waals surface area contributed by atoms with Crippen molar-refractivity contribution in [2.75, 3.05) is 40.0 Å². The lowest BCUT2D eigenvalue weighted by Crippen LogP contribution is -2.37. The van der Waals surface area contributed by atoms with Crippen molar-refractivity contribution in [2.45, 2.75) is 25.5 Å². The number of carbonyl (C=O) groups is 2. The molecule has 0 aromatic heterocycles. The minimum absolute atomic E-state index is 0. The van der Waals surface area contributed by atoms with Crippen LogP contribution in [0.5, 0.6) is 0 Å². The molecule has 1 unspecified atom stereocenters.